The van der Waals surface area contributed by atoms with E-state index in [0.717, 1.165) is 5.56 Å². The van der Waals surface area contributed by atoms with Gasteiger partial charge in [0, 0.05) is 0 Å². The summed E-state index contributed by atoms with van der Waals surface area (Å²) in [5.41, 5.74) is 8.24. The summed E-state index contributed by atoms with van der Waals surface area (Å²) >= 11 is 0. The Hall–Kier alpha value is -2.30. The molecule has 0 unspecified atom stereocenters. The predicted molar refractivity (Wildman–Crippen MR) is 57.4 cm³/mol. The number of carbonyl (C=O) groups excluding carboxylic acids is 1. The second-order valence-electron chi connectivity index (χ2n) is 3.16. The van der Waals surface area contributed by atoms with Gasteiger partial charge >= 0.3 is 11.7 Å². The van der Waals surface area contributed by atoms with Gasteiger partial charge in [-0.1, -0.05) is 30.3 Å². The van der Waals surface area contributed by atoms with Crippen molar-refractivity contribution in [3.63, 3.8) is 0 Å². The summed E-state index contributed by atoms with van der Waals surface area (Å²) in [5, 5.41) is 8.49. The zero-order valence-corrected chi connectivity index (χ0v) is 8.87. The Morgan fingerprint density at radius 3 is 2.47 bits per heavy atom. The van der Waals surface area contributed by atoms with Gasteiger partial charge in [0.05, 0.1) is 6.61 Å². The molecule has 6 heteroatoms. The topological polar surface area (TPSA) is 100 Å². The monoisotopic (exact) mass is 234 g/mol. The Balaban J connectivity index is 2.45. The number of carboxylic acids is 1. The number of ether oxygens (including phenoxy) is 1. The molecule has 6 nitrogen and oxygen atoms in total. The van der Waals surface area contributed by atoms with Crippen LogP contribution in [0.4, 0.5) is 0 Å². The summed E-state index contributed by atoms with van der Waals surface area (Å²) in [4.78, 5) is 24.0. The van der Waals surface area contributed by atoms with Gasteiger partial charge in [-0.05, 0) is 5.56 Å². The fourth-order valence-corrected chi connectivity index (χ4v) is 1.12. The van der Waals surface area contributed by atoms with E-state index in [0.29, 0.717) is 0 Å². The van der Waals surface area contributed by atoms with Crippen LogP contribution < -0.4 is 0 Å². The fourth-order valence-electron chi connectivity index (χ4n) is 1.12. The van der Waals surface area contributed by atoms with Crippen LogP contribution in [0.2, 0.25) is 0 Å². The molecule has 0 aliphatic carbocycles. The van der Waals surface area contributed by atoms with Crippen LogP contribution in [0.1, 0.15) is 5.56 Å². The lowest BCUT2D eigenvalue weighted by Crippen LogP contribution is -2.28. The van der Waals surface area contributed by atoms with E-state index in [9.17, 15) is 9.59 Å². The molecular formula is C11H10N2O4. The Morgan fingerprint density at radius 1 is 1.29 bits per heavy atom. The molecule has 0 aromatic heterocycles. The summed E-state index contributed by atoms with van der Waals surface area (Å²) in [5.74, 6) is -2.46. The summed E-state index contributed by atoms with van der Waals surface area (Å²) in [6.45, 7) is -0.258. The lowest BCUT2D eigenvalue weighted by Gasteiger charge is -2.00. The van der Waals surface area contributed by atoms with Crippen molar-refractivity contribution < 1.29 is 24.2 Å². The van der Waals surface area contributed by atoms with Gasteiger partial charge in [-0.15, -0.1) is 0 Å². The number of hydrogen-bond acceptors (Lipinski definition) is 3. The van der Waals surface area contributed by atoms with Crippen molar-refractivity contribution in [1.82, 2.24) is 0 Å². The first kappa shape index (κ1) is 12.8. The molecule has 0 saturated heterocycles. The number of carbonyl (C=O) groups is 2. The van der Waals surface area contributed by atoms with E-state index in [1.165, 1.54) is 0 Å². The van der Waals surface area contributed by atoms with Crippen LogP contribution in [-0.2, 0) is 20.9 Å². The lowest BCUT2D eigenvalue weighted by molar-refractivity contribution is -0.137. The largest absolute Gasteiger partial charge is 0.472 e. The highest BCUT2D eigenvalue weighted by molar-refractivity contribution is 6.62. The average molecular weight is 234 g/mol. The third-order valence-electron chi connectivity index (χ3n) is 1.91. The molecule has 0 saturated carbocycles. The van der Waals surface area contributed by atoms with E-state index in [-0.39, 0.29) is 6.61 Å². The van der Waals surface area contributed by atoms with Gasteiger partial charge < -0.3 is 15.4 Å². The Kier molecular flexibility index (Phi) is 4.75. The van der Waals surface area contributed by atoms with Gasteiger partial charge in [0.15, 0.2) is 0 Å². The van der Waals surface area contributed by atoms with Crippen LogP contribution in [0.15, 0.2) is 30.3 Å². The molecule has 17 heavy (non-hydrogen) atoms. The minimum Gasteiger partial charge on any atom is -0.472 e. The van der Waals surface area contributed by atoms with Gasteiger partial charge in [0.2, 0.25) is 0 Å². The maximum absolute atomic E-state index is 11.2. The fraction of sp³-hybridized carbons (Fsp3) is 0.182. The van der Waals surface area contributed by atoms with E-state index >= 15 is 0 Å². The van der Waals surface area contributed by atoms with E-state index in [1.54, 1.807) is 0 Å². The highest BCUT2D eigenvalue weighted by Crippen LogP contribution is 2.00. The van der Waals surface area contributed by atoms with E-state index in [1.807, 2.05) is 30.3 Å². The number of aliphatic carboxylic acids is 1. The van der Waals surface area contributed by atoms with E-state index in [4.69, 9.17) is 15.4 Å². The molecule has 0 aliphatic rings. The molecule has 0 atom stereocenters. The first-order valence-electron chi connectivity index (χ1n) is 4.75. The second kappa shape index (κ2) is 6.32. The van der Waals surface area contributed by atoms with Gasteiger partial charge in [-0.3, -0.25) is 4.79 Å². The average Bonchev–Trinajstić information content (AvgIpc) is 2.30. The summed E-state index contributed by atoms with van der Waals surface area (Å²) in [7, 11) is 0. The van der Waals surface area contributed by atoms with Crippen molar-refractivity contribution in [2.45, 2.75) is 6.61 Å². The number of hydrogen-bond donors (Lipinski definition) is 1. The van der Waals surface area contributed by atoms with Crippen molar-refractivity contribution in [2.24, 2.45) is 0 Å². The van der Waals surface area contributed by atoms with Crippen LogP contribution in [0, 0.1) is 0 Å². The highest BCUT2D eigenvalue weighted by atomic mass is 16.5. The van der Waals surface area contributed by atoms with Crippen molar-refractivity contribution in [3.05, 3.63) is 41.4 Å². The summed E-state index contributed by atoms with van der Waals surface area (Å²) in [6.07, 6.45) is 0. The van der Waals surface area contributed by atoms with Gasteiger partial charge in [-0.25, -0.2) is 4.79 Å². The van der Waals surface area contributed by atoms with Gasteiger partial charge in [0.25, 0.3) is 5.78 Å². The molecular weight excluding hydrogens is 224 g/mol. The Labute approximate surface area is 97.1 Å². The molecule has 0 fully saturated rings. The van der Waals surface area contributed by atoms with Crippen LogP contribution >= 0.6 is 0 Å². The minimum atomic E-state index is -1.58. The van der Waals surface area contributed by atoms with Crippen LogP contribution in [0.5, 0.6) is 0 Å². The van der Waals surface area contributed by atoms with Crippen LogP contribution in [0.25, 0.3) is 5.53 Å². The molecule has 0 amide bonds. The molecule has 1 rings (SSSR count). The number of carboxylic acid groups (broad SMARTS) is 1. The SMILES string of the molecule is [N-]=[N+]=C(C(=O)O)C(=O)COCc1ccccc1. The van der Waals surface area contributed by atoms with E-state index in [2.05, 4.69) is 4.79 Å². The first-order valence-corrected chi connectivity index (χ1v) is 4.75. The predicted octanol–water partition coefficient (Wildman–Crippen LogP) is 0.528. The van der Waals surface area contributed by atoms with Crippen molar-refractivity contribution in [1.29, 1.82) is 0 Å². The first-order chi connectivity index (χ1) is 8.15. The highest BCUT2D eigenvalue weighted by Gasteiger charge is 2.28. The molecule has 0 aliphatic heterocycles. The third-order valence-corrected chi connectivity index (χ3v) is 1.91. The molecule has 1 aromatic rings. The maximum atomic E-state index is 11.2. The van der Waals surface area contributed by atoms with Crippen LogP contribution in [-0.4, -0.2) is 34.0 Å². The number of nitrogens with zero attached hydrogens (tertiary/aromatic N) is 2. The summed E-state index contributed by atoms with van der Waals surface area (Å²) < 4.78 is 5.01. The number of ketones is 1. The molecule has 0 spiro atoms. The minimum absolute atomic E-state index is 0.185. The molecule has 0 bridgehead atoms. The van der Waals surface area contributed by atoms with Crippen LogP contribution in [0.3, 0.4) is 0 Å². The van der Waals surface area contributed by atoms with E-state index < -0.39 is 24.1 Å². The Bertz CT molecular complexity index is 464. The lowest BCUT2D eigenvalue weighted by atomic mass is 10.2. The smallest absolute Gasteiger partial charge is 0.443 e. The third kappa shape index (κ3) is 3.98. The zero-order valence-electron chi connectivity index (χ0n) is 8.87. The summed E-state index contributed by atoms with van der Waals surface area (Å²) in [6, 6.07) is 9.10. The molecule has 88 valence electrons. The van der Waals surface area contributed by atoms with Crippen molar-refractivity contribution in [3.8, 4) is 0 Å². The van der Waals surface area contributed by atoms with Gasteiger partial charge in [-0.2, -0.15) is 4.79 Å². The quantitative estimate of drug-likeness (QED) is 0.335. The molecule has 1 N–H and O–H groups in total. The normalized spacial score (nSPS) is 9.41. The van der Waals surface area contributed by atoms with Crippen molar-refractivity contribution >= 4 is 17.5 Å². The second-order valence-corrected chi connectivity index (χ2v) is 3.16. The zero-order chi connectivity index (χ0) is 12.7. The standard InChI is InChI=1S/C11H10N2O4/c12-13-10(11(15)16)9(14)7-17-6-8-4-2-1-3-5-8/h1-5H,6-7H2,(H,15,16). The van der Waals surface area contributed by atoms with Gasteiger partial charge in [0.1, 0.15) is 6.61 Å². The number of benzene rings is 1. The van der Waals surface area contributed by atoms with Crippen molar-refractivity contribution in [2.75, 3.05) is 6.61 Å². The maximum Gasteiger partial charge on any atom is 0.443 e. The molecule has 0 radical (unpaired) electrons. The molecule has 1 aromatic carbocycles. The molecule has 0 heterocycles. The number of rotatable bonds is 6. The Morgan fingerprint density at radius 2 is 1.94 bits per heavy atom. The number of Topliss-reactive ketones (excluding diaryl/α,β-unsaturated/α-hetero) is 1.